The van der Waals surface area contributed by atoms with Crippen molar-refractivity contribution >= 4 is 17.1 Å². The number of hydrogen-bond acceptors (Lipinski definition) is 1. The van der Waals surface area contributed by atoms with Crippen molar-refractivity contribution in [2.24, 2.45) is 0 Å². The van der Waals surface area contributed by atoms with Crippen LogP contribution in [0.3, 0.4) is 0 Å². The van der Waals surface area contributed by atoms with E-state index in [4.69, 9.17) is 0 Å². The molecule has 0 heterocycles. The predicted molar refractivity (Wildman–Crippen MR) is 284 cm³/mol. The number of benzene rings is 10. The minimum absolute atomic E-state index is 0.167. The molecule has 0 radical (unpaired) electrons. The average Bonchev–Trinajstić information content (AvgIpc) is 3.74. The Morgan fingerprint density at radius 2 is 0.779 bits per heavy atom. The van der Waals surface area contributed by atoms with E-state index in [1.54, 1.807) is 0 Å². The van der Waals surface area contributed by atoms with Gasteiger partial charge in [0.1, 0.15) is 0 Å². The van der Waals surface area contributed by atoms with Gasteiger partial charge in [-0.05, 0) is 156 Å². The van der Waals surface area contributed by atoms with E-state index in [9.17, 15) is 0 Å². The first-order valence-corrected chi connectivity index (χ1v) is 24.2. The van der Waals surface area contributed by atoms with Gasteiger partial charge in [-0.25, -0.2) is 0 Å². The van der Waals surface area contributed by atoms with Crippen molar-refractivity contribution in [2.75, 3.05) is 4.90 Å². The van der Waals surface area contributed by atoms with Crippen LogP contribution in [-0.2, 0) is 23.7 Å². The standard InChI is InChI=1S/C67H51N/c1-44-17-7-10-22-53(44)58-41-50(47-31-29-46(30-32-47)45-18-5-4-6-19-45)35-40-65(58)68(51-36-38-56-54-23-11-15-27-61(54)66(2,3)63(56)42-51)52-37-39-57-55-24-12-16-28-62(55)67(64(57)43-52)59-25-13-8-20-48(59)33-34-49-21-9-14-26-60(49)67/h4-32,35-43H,33-34H2,1-3H3. The van der Waals surface area contributed by atoms with Crippen molar-refractivity contribution < 1.29 is 0 Å². The molecule has 0 unspecified atom stereocenters. The Labute approximate surface area is 400 Å². The number of fused-ring (bicyclic) bond motifs is 12. The Morgan fingerprint density at radius 1 is 0.324 bits per heavy atom. The highest BCUT2D eigenvalue weighted by Gasteiger charge is 2.49. The molecule has 3 aliphatic carbocycles. The van der Waals surface area contributed by atoms with Gasteiger partial charge in [0.05, 0.1) is 11.1 Å². The van der Waals surface area contributed by atoms with Gasteiger partial charge >= 0.3 is 0 Å². The lowest BCUT2D eigenvalue weighted by molar-refractivity contribution is 0.660. The summed E-state index contributed by atoms with van der Waals surface area (Å²) >= 11 is 0. The zero-order valence-electron chi connectivity index (χ0n) is 38.8. The Kier molecular flexibility index (Phi) is 9.21. The van der Waals surface area contributed by atoms with Gasteiger partial charge in [0.2, 0.25) is 0 Å². The van der Waals surface area contributed by atoms with Crippen molar-refractivity contribution in [3.63, 3.8) is 0 Å². The summed E-state index contributed by atoms with van der Waals surface area (Å²) in [6.07, 6.45) is 2.01. The van der Waals surface area contributed by atoms with Crippen molar-refractivity contribution in [1.82, 2.24) is 0 Å². The summed E-state index contributed by atoms with van der Waals surface area (Å²) in [7, 11) is 0. The highest BCUT2D eigenvalue weighted by atomic mass is 15.1. The topological polar surface area (TPSA) is 3.24 Å². The van der Waals surface area contributed by atoms with Crippen LogP contribution in [0, 0.1) is 6.92 Å². The largest absolute Gasteiger partial charge is 0.310 e. The van der Waals surface area contributed by atoms with Crippen LogP contribution >= 0.6 is 0 Å². The second-order valence-corrected chi connectivity index (χ2v) is 19.6. The third kappa shape index (κ3) is 6.01. The Bertz CT molecular complexity index is 3560. The number of nitrogens with zero attached hydrogens (tertiary/aromatic N) is 1. The lowest BCUT2D eigenvalue weighted by Gasteiger charge is -2.36. The van der Waals surface area contributed by atoms with E-state index >= 15 is 0 Å². The van der Waals surface area contributed by atoms with Gasteiger partial charge in [-0.3, -0.25) is 0 Å². The van der Waals surface area contributed by atoms with E-state index in [0.29, 0.717) is 0 Å². The molecule has 1 spiro atoms. The highest BCUT2D eigenvalue weighted by molar-refractivity contribution is 5.95. The summed E-state index contributed by atoms with van der Waals surface area (Å²) < 4.78 is 0. The SMILES string of the molecule is Cc1ccccc1-c1cc(-c2ccc(-c3ccccc3)cc2)ccc1N(c1ccc2c(c1)C(C)(C)c1ccccc1-2)c1ccc2c(c1)C1(c3ccccc3CCc3ccccc31)c1ccccc1-2. The third-order valence-corrected chi connectivity index (χ3v) is 15.6. The van der Waals surface area contributed by atoms with Crippen LogP contribution < -0.4 is 4.90 Å². The molecule has 0 saturated heterocycles. The molecule has 324 valence electrons. The molecule has 0 aromatic heterocycles. The molecular formula is C67H51N. The number of anilines is 3. The fourth-order valence-electron chi connectivity index (χ4n) is 12.4. The van der Waals surface area contributed by atoms with Crippen LogP contribution in [0.25, 0.3) is 55.6 Å². The number of aryl methyl sites for hydroxylation is 3. The predicted octanol–water partition coefficient (Wildman–Crippen LogP) is 17.2. The summed E-state index contributed by atoms with van der Waals surface area (Å²) in [5.41, 5.74) is 27.6. The molecule has 3 aliphatic rings. The summed E-state index contributed by atoms with van der Waals surface area (Å²) in [5, 5.41) is 0. The van der Waals surface area contributed by atoms with Crippen molar-refractivity contribution in [1.29, 1.82) is 0 Å². The molecule has 0 fully saturated rings. The second kappa shape index (κ2) is 15.5. The summed E-state index contributed by atoms with van der Waals surface area (Å²) in [4.78, 5) is 2.56. The van der Waals surface area contributed by atoms with Gasteiger partial charge in [-0.2, -0.15) is 0 Å². The van der Waals surface area contributed by atoms with E-state index < -0.39 is 5.41 Å². The van der Waals surface area contributed by atoms with Crippen LogP contribution in [0.15, 0.2) is 231 Å². The quantitative estimate of drug-likeness (QED) is 0.161. The molecule has 0 bridgehead atoms. The molecule has 0 atom stereocenters. The molecule has 1 heteroatoms. The lowest BCUT2D eigenvalue weighted by Crippen LogP contribution is -2.30. The zero-order chi connectivity index (χ0) is 45.6. The molecule has 10 aromatic carbocycles. The Hall–Kier alpha value is -8.00. The average molecular weight is 870 g/mol. The van der Waals surface area contributed by atoms with Crippen LogP contribution in [0.5, 0.6) is 0 Å². The maximum atomic E-state index is 2.56. The fourth-order valence-corrected chi connectivity index (χ4v) is 12.4. The minimum atomic E-state index is -0.493. The van der Waals surface area contributed by atoms with Crippen molar-refractivity contribution in [2.45, 2.75) is 44.4 Å². The van der Waals surface area contributed by atoms with Gasteiger partial charge in [0.25, 0.3) is 0 Å². The van der Waals surface area contributed by atoms with E-state index in [0.717, 1.165) is 29.9 Å². The lowest BCUT2D eigenvalue weighted by atomic mass is 9.66. The molecule has 1 nitrogen and oxygen atoms in total. The van der Waals surface area contributed by atoms with Crippen LogP contribution in [0.4, 0.5) is 17.1 Å². The van der Waals surface area contributed by atoms with Crippen LogP contribution in [-0.4, -0.2) is 0 Å². The molecule has 0 saturated carbocycles. The maximum absolute atomic E-state index is 2.56. The first kappa shape index (κ1) is 40.3. The van der Waals surface area contributed by atoms with Gasteiger partial charge in [-0.1, -0.05) is 208 Å². The fraction of sp³-hybridized carbons (Fsp3) is 0.104. The Morgan fingerprint density at radius 3 is 1.43 bits per heavy atom. The van der Waals surface area contributed by atoms with E-state index in [1.165, 1.54) is 106 Å². The molecule has 68 heavy (non-hydrogen) atoms. The van der Waals surface area contributed by atoms with Crippen LogP contribution in [0.1, 0.15) is 63.9 Å². The van der Waals surface area contributed by atoms with Crippen molar-refractivity contribution in [3.05, 3.63) is 281 Å². The first-order valence-electron chi connectivity index (χ1n) is 24.2. The molecule has 13 rings (SSSR count). The smallest absolute Gasteiger partial charge is 0.0719 e. The Balaban J connectivity index is 1.08. The molecule has 0 aliphatic heterocycles. The minimum Gasteiger partial charge on any atom is -0.310 e. The monoisotopic (exact) mass is 869 g/mol. The normalized spacial score (nSPS) is 14.2. The first-order chi connectivity index (χ1) is 33.4. The zero-order valence-corrected chi connectivity index (χ0v) is 38.8. The number of rotatable bonds is 6. The summed E-state index contributed by atoms with van der Waals surface area (Å²) in [5.74, 6) is 0. The van der Waals surface area contributed by atoms with Crippen LogP contribution in [0.2, 0.25) is 0 Å². The number of hydrogen-bond donors (Lipinski definition) is 0. The highest BCUT2D eigenvalue weighted by Crippen LogP contribution is 2.60. The molecule has 0 amide bonds. The molecule has 10 aromatic rings. The van der Waals surface area contributed by atoms with Gasteiger partial charge in [0.15, 0.2) is 0 Å². The van der Waals surface area contributed by atoms with E-state index in [1.807, 2.05) is 0 Å². The van der Waals surface area contributed by atoms with Crippen molar-refractivity contribution in [3.8, 4) is 55.6 Å². The van der Waals surface area contributed by atoms with E-state index in [-0.39, 0.29) is 5.41 Å². The second-order valence-electron chi connectivity index (χ2n) is 19.6. The third-order valence-electron chi connectivity index (χ3n) is 15.6. The van der Waals surface area contributed by atoms with Gasteiger partial charge in [0, 0.05) is 22.4 Å². The molecular weight excluding hydrogens is 819 g/mol. The van der Waals surface area contributed by atoms with E-state index in [2.05, 4.69) is 256 Å². The maximum Gasteiger partial charge on any atom is 0.0719 e. The van der Waals surface area contributed by atoms with Gasteiger partial charge in [-0.15, -0.1) is 0 Å². The van der Waals surface area contributed by atoms with Gasteiger partial charge < -0.3 is 4.90 Å². The molecule has 0 N–H and O–H groups in total. The summed E-state index contributed by atoms with van der Waals surface area (Å²) in [6.45, 7) is 7.02. The summed E-state index contributed by atoms with van der Waals surface area (Å²) in [6, 6.07) is 87.0.